The number of aromatic nitrogens is 2. The molecule has 19 heavy (non-hydrogen) atoms. The Morgan fingerprint density at radius 3 is 2.53 bits per heavy atom. The summed E-state index contributed by atoms with van der Waals surface area (Å²) in [6.07, 6.45) is 0. The van der Waals surface area contributed by atoms with Gasteiger partial charge in [-0.25, -0.2) is 14.4 Å². The molecule has 7 heteroatoms. The van der Waals surface area contributed by atoms with Crippen molar-refractivity contribution < 1.29 is 4.39 Å². The summed E-state index contributed by atoms with van der Waals surface area (Å²) in [5, 5.41) is 9.35. The predicted molar refractivity (Wildman–Crippen MR) is 71.5 cm³/mol. The maximum atomic E-state index is 13.0. The molecule has 1 aromatic heterocycles. The molecule has 96 valence electrons. The quantitative estimate of drug-likeness (QED) is 0.655. The maximum Gasteiger partial charge on any atom is 0.191 e. The Morgan fingerprint density at radius 2 is 1.89 bits per heavy atom. The van der Waals surface area contributed by atoms with E-state index in [0.717, 1.165) is 0 Å². The van der Waals surface area contributed by atoms with E-state index in [0.29, 0.717) is 22.0 Å². The van der Waals surface area contributed by atoms with Gasteiger partial charge in [-0.3, -0.25) is 0 Å². The van der Waals surface area contributed by atoms with E-state index in [1.54, 1.807) is 6.07 Å². The van der Waals surface area contributed by atoms with Gasteiger partial charge in [0.2, 0.25) is 0 Å². The third-order valence-corrected chi connectivity index (χ3v) is 3.19. The molecule has 0 saturated carbocycles. The fourth-order valence-electron chi connectivity index (χ4n) is 1.45. The normalized spacial score (nSPS) is 10.1. The van der Waals surface area contributed by atoms with Gasteiger partial charge < -0.3 is 11.5 Å². The number of halogens is 1. The lowest BCUT2D eigenvalue weighted by Gasteiger charge is -2.04. The number of benzene rings is 1. The molecule has 2 rings (SSSR count). The summed E-state index contributed by atoms with van der Waals surface area (Å²) in [5.74, 6) is 0.575. The van der Waals surface area contributed by atoms with Crippen molar-refractivity contribution in [3.05, 3.63) is 41.2 Å². The van der Waals surface area contributed by atoms with Crippen molar-refractivity contribution in [2.45, 2.75) is 10.9 Å². The van der Waals surface area contributed by atoms with E-state index >= 15 is 0 Å². The van der Waals surface area contributed by atoms with Gasteiger partial charge in [-0.05, 0) is 17.7 Å². The molecule has 0 aliphatic carbocycles. The summed E-state index contributed by atoms with van der Waals surface area (Å²) >= 11 is 1.28. The summed E-state index contributed by atoms with van der Waals surface area (Å²) in [4.78, 5) is 8.03. The Morgan fingerprint density at radius 1 is 1.21 bits per heavy atom. The molecule has 4 N–H and O–H groups in total. The molecule has 0 bridgehead atoms. The third-order valence-electron chi connectivity index (χ3n) is 2.29. The molecule has 0 amide bonds. The van der Waals surface area contributed by atoms with Crippen LogP contribution in [0.2, 0.25) is 0 Å². The molecular weight excluding hydrogens is 265 g/mol. The van der Waals surface area contributed by atoms with Gasteiger partial charge in [0.05, 0.1) is 11.6 Å². The lowest BCUT2D eigenvalue weighted by molar-refractivity contribution is 0.627. The summed E-state index contributed by atoms with van der Waals surface area (Å²) in [7, 11) is 0. The Bertz CT molecular complexity index is 633. The second-order valence-electron chi connectivity index (χ2n) is 3.70. The Labute approximate surface area is 113 Å². The van der Waals surface area contributed by atoms with E-state index in [1.165, 1.54) is 30.0 Å². The fourth-order valence-corrected chi connectivity index (χ4v) is 2.32. The van der Waals surface area contributed by atoms with E-state index < -0.39 is 5.82 Å². The number of thioether (sulfide) groups is 1. The average Bonchev–Trinajstić information content (AvgIpc) is 2.36. The van der Waals surface area contributed by atoms with Crippen molar-refractivity contribution >= 4 is 23.4 Å². The van der Waals surface area contributed by atoms with Crippen LogP contribution in [-0.4, -0.2) is 9.97 Å². The summed E-state index contributed by atoms with van der Waals surface area (Å²) < 4.78 is 13.0. The van der Waals surface area contributed by atoms with Crippen molar-refractivity contribution in [3.63, 3.8) is 0 Å². The molecule has 0 spiro atoms. The molecule has 0 atom stereocenters. The van der Waals surface area contributed by atoms with Crippen LogP contribution in [0.5, 0.6) is 0 Å². The number of hydrogen-bond acceptors (Lipinski definition) is 6. The van der Waals surface area contributed by atoms with Crippen LogP contribution in [0, 0.1) is 17.1 Å². The second-order valence-corrected chi connectivity index (χ2v) is 4.64. The van der Waals surface area contributed by atoms with Gasteiger partial charge >= 0.3 is 0 Å². The molecule has 0 fully saturated rings. The summed E-state index contributed by atoms with van der Waals surface area (Å²) in [6.45, 7) is 0. The topological polar surface area (TPSA) is 102 Å². The SMILES string of the molecule is N#Cc1cc(F)ccc1CSc1nc(N)cc(N)n1. The van der Waals surface area contributed by atoms with Crippen LogP contribution in [0.3, 0.4) is 0 Å². The molecule has 0 aliphatic heterocycles. The Kier molecular flexibility index (Phi) is 3.82. The van der Waals surface area contributed by atoms with Gasteiger partial charge in [0.25, 0.3) is 0 Å². The number of nitriles is 1. The van der Waals surface area contributed by atoms with Gasteiger partial charge in [0.15, 0.2) is 5.16 Å². The number of nitrogen functional groups attached to an aromatic ring is 2. The van der Waals surface area contributed by atoms with Crippen LogP contribution in [0.25, 0.3) is 0 Å². The highest BCUT2D eigenvalue weighted by Gasteiger charge is 2.07. The Hall–Kier alpha value is -2.33. The van der Waals surface area contributed by atoms with E-state index in [1.807, 2.05) is 6.07 Å². The highest BCUT2D eigenvalue weighted by atomic mass is 32.2. The molecular formula is C12H10FN5S. The maximum absolute atomic E-state index is 13.0. The molecule has 0 radical (unpaired) electrons. The standard InChI is InChI=1S/C12H10FN5S/c13-9-2-1-7(8(3-9)5-14)6-19-12-17-10(15)4-11(16)18-12/h1-4H,6H2,(H4,15,16,17,18). The lowest BCUT2D eigenvalue weighted by atomic mass is 10.1. The average molecular weight is 275 g/mol. The number of anilines is 2. The van der Waals surface area contributed by atoms with Crippen LogP contribution in [0.1, 0.15) is 11.1 Å². The van der Waals surface area contributed by atoms with Gasteiger partial charge in [-0.1, -0.05) is 17.8 Å². The zero-order valence-corrected chi connectivity index (χ0v) is 10.6. The van der Waals surface area contributed by atoms with Gasteiger partial charge in [0.1, 0.15) is 17.5 Å². The molecule has 1 aromatic carbocycles. The zero-order valence-electron chi connectivity index (χ0n) is 9.80. The second kappa shape index (κ2) is 5.54. The predicted octanol–water partition coefficient (Wildman–Crippen LogP) is 1.94. The van der Waals surface area contributed by atoms with Gasteiger partial charge in [-0.15, -0.1) is 0 Å². The summed E-state index contributed by atoms with van der Waals surface area (Å²) in [6, 6.07) is 7.49. The lowest BCUT2D eigenvalue weighted by Crippen LogP contribution is -1.99. The van der Waals surface area contributed by atoms with Crippen LogP contribution >= 0.6 is 11.8 Å². The first-order valence-corrected chi connectivity index (χ1v) is 6.28. The van der Waals surface area contributed by atoms with Crippen LogP contribution in [-0.2, 0) is 5.75 Å². The van der Waals surface area contributed by atoms with Crippen molar-refractivity contribution in [1.29, 1.82) is 5.26 Å². The van der Waals surface area contributed by atoms with E-state index in [4.69, 9.17) is 16.7 Å². The number of hydrogen-bond donors (Lipinski definition) is 2. The van der Waals surface area contributed by atoms with Crippen LogP contribution in [0.4, 0.5) is 16.0 Å². The first-order valence-electron chi connectivity index (χ1n) is 5.30. The minimum absolute atomic E-state index is 0.287. The van der Waals surface area contributed by atoms with Crippen LogP contribution < -0.4 is 11.5 Å². The van der Waals surface area contributed by atoms with Crippen molar-refractivity contribution in [1.82, 2.24) is 9.97 Å². The van der Waals surface area contributed by atoms with E-state index in [2.05, 4.69) is 9.97 Å². The monoisotopic (exact) mass is 275 g/mol. The van der Waals surface area contributed by atoms with Crippen LogP contribution in [0.15, 0.2) is 29.4 Å². The minimum atomic E-state index is -0.435. The highest BCUT2D eigenvalue weighted by Crippen LogP contribution is 2.23. The first kappa shape index (κ1) is 13.1. The molecule has 0 unspecified atom stereocenters. The molecule has 1 heterocycles. The van der Waals surface area contributed by atoms with Crippen molar-refractivity contribution in [3.8, 4) is 6.07 Å². The third kappa shape index (κ3) is 3.33. The molecule has 2 aromatic rings. The first-order chi connectivity index (χ1) is 9.08. The van der Waals surface area contributed by atoms with E-state index in [-0.39, 0.29) is 11.6 Å². The molecule has 0 aliphatic rings. The fraction of sp³-hybridized carbons (Fsp3) is 0.0833. The van der Waals surface area contributed by atoms with Crippen molar-refractivity contribution in [2.24, 2.45) is 0 Å². The Balaban J connectivity index is 2.17. The zero-order chi connectivity index (χ0) is 13.8. The molecule has 0 saturated heterocycles. The smallest absolute Gasteiger partial charge is 0.191 e. The summed E-state index contributed by atoms with van der Waals surface area (Å²) in [5.41, 5.74) is 12.1. The van der Waals surface area contributed by atoms with Gasteiger partial charge in [-0.2, -0.15) is 5.26 Å². The minimum Gasteiger partial charge on any atom is -0.383 e. The highest BCUT2D eigenvalue weighted by molar-refractivity contribution is 7.98. The number of nitrogens with zero attached hydrogens (tertiary/aromatic N) is 3. The number of rotatable bonds is 3. The van der Waals surface area contributed by atoms with Crippen molar-refractivity contribution in [2.75, 3.05) is 11.5 Å². The van der Waals surface area contributed by atoms with Gasteiger partial charge in [0, 0.05) is 11.8 Å². The number of nitrogens with two attached hydrogens (primary N) is 2. The van der Waals surface area contributed by atoms with E-state index in [9.17, 15) is 4.39 Å². The largest absolute Gasteiger partial charge is 0.383 e. The molecule has 5 nitrogen and oxygen atoms in total.